The van der Waals surface area contributed by atoms with Crippen molar-refractivity contribution < 1.29 is 22.5 Å². The number of ether oxygens (including phenoxy) is 1. The van der Waals surface area contributed by atoms with E-state index in [9.17, 15) is 13.2 Å². The number of carbonyl (C=O) groups excluding carboxylic acids is 1. The highest BCUT2D eigenvalue weighted by molar-refractivity contribution is 7.88. The number of hydrogen-bond acceptors (Lipinski definition) is 10. The molecule has 0 saturated carbocycles. The molecule has 0 aliphatic carbocycles. The molecule has 0 spiro atoms. The van der Waals surface area contributed by atoms with Gasteiger partial charge in [0.15, 0.2) is 10.8 Å². The topological polar surface area (TPSA) is 147 Å². The number of aromatic nitrogens is 4. The van der Waals surface area contributed by atoms with Gasteiger partial charge >= 0.3 is 6.03 Å². The van der Waals surface area contributed by atoms with Crippen LogP contribution in [0.2, 0.25) is 0 Å². The molecular weight excluding hydrogens is 617 g/mol. The lowest BCUT2D eigenvalue weighted by Gasteiger charge is -2.32. The first-order valence-corrected chi connectivity index (χ1v) is 17.4. The van der Waals surface area contributed by atoms with E-state index in [1.807, 2.05) is 67.8 Å². The lowest BCUT2D eigenvalue weighted by atomic mass is 9.93. The lowest BCUT2D eigenvalue weighted by Crippen LogP contribution is -2.49. The molecular formula is C30H34N8O5S2. The van der Waals surface area contributed by atoms with Crippen molar-refractivity contribution in [3.8, 4) is 17.1 Å². The van der Waals surface area contributed by atoms with Crippen LogP contribution in [0.25, 0.3) is 26.6 Å². The van der Waals surface area contributed by atoms with Crippen molar-refractivity contribution in [3.63, 3.8) is 0 Å². The molecule has 7 rings (SSSR count). The summed E-state index contributed by atoms with van der Waals surface area (Å²) in [6.45, 7) is 8.55. The van der Waals surface area contributed by atoms with Crippen LogP contribution in [-0.2, 0) is 15.4 Å². The van der Waals surface area contributed by atoms with Crippen molar-refractivity contribution in [2.24, 2.45) is 0 Å². The molecule has 5 aromatic rings. The van der Waals surface area contributed by atoms with Crippen molar-refractivity contribution in [2.45, 2.75) is 44.7 Å². The number of nitrogens with one attached hydrogen (secondary N) is 2. The summed E-state index contributed by atoms with van der Waals surface area (Å²) in [5.74, 6) is 1.59. The molecule has 4 aromatic heterocycles. The number of piperazine rings is 1. The van der Waals surface area contributed by atoms with Gasteiger partial charge in [-0.05, 0) is 24.6 Å². The third-order valence-corrected chi connectivity index (χ3v) is 10.5. The van der Waals surface area contributed by atoms with Crippen molar-refractivity contribution in [1.82, 2.24) is 28.7 Å². The standard InChI is InChI=1S/C30H34N8O5S2/c1-30(2,3)24-14-25(35-43-24)33-28(39)31-19-7-5-18(6-8-19)22-17-37-23-9-10-26(34-27(23)44-29(37)32-22)42-12-11-36-15-21-13-20(36)16-38(21)45(4,40)41/h5-10,14,17,20-21H,11-13,15-16H2,1-4H3,(H2,31,33,35,39)/t20-,21-/m0/s1. The highest BCUT2D eigenvalue weighted by atomic mass is 32.2. The number of likely N-dealkylation sites (tertiary alicyclic amines) is 1. The van der Waals surface area contributed by atoms with Crippen LogP contribution in [0.5, 0.6) is 5.88 Å². The minimum atomic E-state index is -3.14. The molecule has 2 fully saturated rings. The Labute approximate surface area is 264 Å². The number of nitrogens with zero attached hydrogens (tertiary/aromatic N) is 6. The molecule has 6 heterocycles. The Kier molecular flexibility index (Phi) is 7.30. The molecule has 236 valence electrons. The first kappa shape index (κ1) is 29.6. The summed E-state index contributed by atoms with van der Waals surface area (Å²) in [6.07, 6.45) is 4.15. The average Bonchev–Trinajstić information content (AvgIpc) is 3.79. The number of rotatable bonds is 8. The van der Waals surface area contributed by atoms with Crippen molar-refractivity contribution in [1.29, 1.82) is 0 Å². The van der Waals surface area contributed by atoms with E-state index >= 15 is 0 Å². The smallest absolute Gasteiger partial charge is 0.324 e. The summed E-state index contributed by atoms with van der Waals surface area (Å²) in [7, 11) is -3.14. The van der Waals surface area contributed by atoms with Crippen LogP contribution in [-0.4, -0.2) is 87.8 Å². The van der Waals surface area contributed by atoms with Gasteiger partial charge in [0, 0.05) is 66.7 Å². The number of pyridine rings is 1. The Morgan fingerprint density at radius 2 is 1.89 bits per heavy atom. The number of hydrogen-bond donors (Lipinski definition) is 2. The van der Waals surface area contributed by atoms with Crippen LogP contribution in [0.4, 0.5) is 16.3 Å². The molecule has 45 heavy (non-hydrogen) atoms. The number of imidazole rings is 1. The van der Waals surface area contributed by atoms with Gasteiger partial charge in [0.25, 0.3) is 0 Å². The molecule has 1 aromatic carbocycles. The normalized spacial score (nSPS) is 19.1. The SMILES string of the molecule is CC(C)(C)c1cc(NC(=O)Nc2ccc(-c3cn4c(n3)sc3nc(OCCN5C[C@@H]6C[C@H]5CN6S(C)(=O)=O)ccc34)cc2)no1. The van der Waals surface area contributed by atoms with E-state index in [1.54, 1.807) is 10.4 Å². The van der Waals surface area contributed by atoms with Gasteiger partial charge in [0.05, 0.1) is 17.5 Å². The quantitative estimate of drug-likeness (QED) is 0.245. The maximum absolute atomic E-state index is 12.5. The average molecular weight is 651 g/mol. The van der Waals surface area contributed by atoms with Gasteiger partial charge in [-0.25, -0.2) is 23.2 Å². The third-order valence-electron chi connectivity index (χ3n) is 8.22. The fourth-order valence-corrected chi connectivity index (χ4v) is 8.05. The summed E-state index contributed by atoms with van der Waals surface area (Å²) in [4.78, 5) is 25.9. The largest absolute Gasteiger partial charge is 0.476 e. The van der Waals surface area contributed by atoms with E-state index in [0.717, 1.165) is 46.1 Å². The van der Waals surface area contributed by atoms with E-state index in [0.29, 0.717) is 36.3 Å². The lowest BCUT2D eigenvalue weighted by molar-refractivity contribution is 0.151. The maximum atomic E-state index is 12.5. The molecule has 0 radical (unpaired) electrons. The van der Waals surface area contributed by atoms with Gasteiger partial charge in [-0.3, -0.25) is 14.6 Å². The van der Waals surface area contributed by atoms with Crippen molar-refractivity contribution in [2.75, 3.05) is 43.1 Å². The second-order valence-corrected chi connectivity index (χ2v) is 15.4. The summed E-state index contributed by atoms with van der Waals surface area (Å²) in [5, 5.41) is 9.42. The zero-order chi connectivity index (χ0) is 31.5. The summed E-state index contributed by atoms with van der Waals surface area (Å²) < 4.78 is 38.8. The molecule has 2 atom stereocenters. The Morgan fingerprint density at radius 1 is 1.09 bits per heavy atom. The van der Waals surface area contributed by atoms with E-state index in [4.69, 9.17) is 19.2 Å². The number of sulfonamides is 1. The number of benzene rings is 1. The molecule has 2 saturated heterocycles. The molecule has 2 amide bonds. The van der Waals surface area contributed by atoms with Gasteiger partial charge in [-0.2, -0.15) is 4.31 Å². The molecule has 13 nitrogen and oxygen atoms in total. The molecule has 15 heteroatoms. The first-order valence-electron chi connectivity index (χ1n) is 14.7. The van der Waals surface area contributed by atoms with E-state index in [-0.39, 0.29) is 17.5 Å². The fraction of sp³-hybridized carbons (Fsp3) is 0.400. The van der Waals surface area contributed by atoms with Crippen molar-refractivity contribution >= 4 is 54.2 Å². The van der Waals surface area contributed by atoms with Crippen LogP contribution < -0.4 is 15.4 Å². The Bertz CT molecular complexity index is 1990. The highest BCUT2D eigenvalue weighted by Gasteiger charge is 2.46. The molecule has 2 aliphatic heterocycles. The van der Waals surface area contributed by atoms with Crippen LogP contribution in [0.3, 0.4) is 0 Å². The molecule has 0 unspecified atom stereocenters. The third kappa shape index (κ3) is 6.00. The predicted molar refractivity (Wildman–Crippen MR) is 172 cm³/mol. The number of thiazole rings is 1. The van der Waals surface area contributed by atoms with Crippen LogP contribution in [0.15, 0.2) is 53.2 Å². The Hall–Kier alpha value is -4.05. The first-order chi connectivity index (χ1) is 21.4. The second-order valence-electron chi connectivity index (χ2n) is 12.6. The van der Waals surface area contributed by atoms with E-state index in [1.165, 1.54) is 17.6 Å². The minimum absolute atomic E-state index is 0.0704. The summed E-state index contributed by atoms with van der Waals surface area (Å²) in [6, 6.07) is 12.9. The Morgan fingerprint density at radius 3 is 2.58 bits per heavy atom. The van der Waals surface area contributed by atoms with E-state index < -0.39 is 16.1 Å². The van der Waals surface area contributed by atoms with Gasteiger partial charge in [-0.1, -0.05) is 49.4 Å². The van der Waals surface area contributed by atoms with E-state index in [2.05, 4.69) is 20.7 Å². The van der Waals surface area contributed by atoms with Crippen molar-refractivity contribution in [3.05, 3.63) is 54.4 Å². The minimum Gasteiger partial charge on any atom is -0.476 e. The fourth-order valence-electron chi connectivity index (χ4n) is 5.94. The molecule has 2 bridgehead atoms. The highest BCUT2D eigenvalue weighted by Crippen LogP contribution is 2.33. The van der Waals surface area contributed by atoms with Crippen LogP contribution >= 0.6 is 11.3 Å². The van der Waals surface area contributed by atoms with Gasteiger partial charge in [-0.15, -0.1) is 0 Å². The number of amides is 2. The van der Waals surface area contributed by atoms with Gasteiger partial charge in [0.2, 0.25) is 15.9 Å². The number of carbonyl (C=O) groups is 1. The number of fused-ring (bicyclic) bond motifs is 5. The number of anilines is 2. The predicted octanol–water partition coefficient (Wildman–Crippen LogP) is 4.64. The number of urea groups is 1. The maximum Gasteiger partial charge on any atom is 0.324 e. The molecule has 2 aliphatic rings. The van der Waals surface area contributed by atoms with Crippen LogP contribution in [0.1, 0.15) is 33.0 Å². The van der Waals surface area contributed by atoms with Gasteiger partial charge in [0.1, 0.15) is 17.2 Å². The van der Waals surface area contributed by atoms with Crippen LogP contribution in [0, 0.1) is 0 Å². The zero-order valence-corrected chi connectivity index (χ0v) is 27.0. The molecule has 2 N–H and O–H groups in total. The van der Waals surface area contributed by atoms with Gasteiger partial charge < -0.3 is 14.6 Å². The Balaban J connectivity index is 0.951. The second kappa shape index (κ2) is 11.1. The summed E-state index contributed by atoms with van der Waals surface area (Å²) in [5.41, 5.74) is 3.10. The zero-order valence-electron chi connectivity index (χ0n) is 25.4. The monoisotopic (exact) mass is 650 g/mol. The summed E-state index contributed by atoms with van der Waals surface area (Å²) >= 11 is 1.49.